The molecule has 3 rings (SSSR count). The summed E-state index contributed by atoms with van der Waals surface area (Å²) in [5.41, 5.74) is 1.36. The Kier molecular flexibility index (Phi) is 4.10. The number of methoxy groups -OCH3 is 1. The van der Waals surface area contributed by atoms with Gasteiger partial charge in [0.2, 0.25) is 0 Å². The smallest absolute Gasteiger partial charge is 0.328 e. The van der Waals surface area contributed by atoms with Crippen molar-refractivity contribution in [3.63, 3.8) is 0 Å². The number of benzene rings is 2. The predicted octanol–water partition coefficient (Wildman–Crippen LogP) is 2.26. The van der Waals surface area contributed by atoms with Crippen LogP contribution in [0.25, 0.3) is 11.1 Å². The first-order valence-electron chi connectivity index (χ1n) is 7.20. The largest absolute Gasteiger partial charge is 0.497 e. The summed E-state index contributed by atoms with van der Waals surface area (Å²) in [6.07, 6.45) is 1.46. The number of nitrogens with zero attached hydrogens (tertiary/aromatic N) is 1. The Balaban J connectivity index is 2.02. The van der Waals surface area contributed by atoms with Crippen LogP contribution in [0.5, 0.6) is 5.75 Å². The lowest BCUT2D eigenvalue weighted by Gasteiger charge is -2.08. The Bertz CT molecular complexity index is 909. The van der Waals surface area contributed by atoms with E-state index in [1.165, 1.54) is 10.8 Å². The molecular formula is C18H16N2O3. The van der Waals surface area contributed by atoms with Gasteiger partial charge in [0.05, 0.1) is 19.2 Å². The molecule has 5 nitrogen and oxygen atoms in total. The maximum Gasteiger partial charge on any atom is 0.328 e. The summed E-state index contributed by atoms with van der Waals surface area (Å²) in [4.78, 5) is 27.3. The minimum absolute atomic E-state index is 0.207. The lowest BCUT2D eigenvalue weighted by Crippen LogP contribution is -2.35. The van der Waals surface area contributed by atoms with Gasteiger partial charge in [-0.05, 0) is 23.3 Å². The van der Waals surface area contributed by atoms with E-state index in [1.807, 2.05) is 42.5 Å². The van der Waals surface area contributed by atoms with Crippen molar-refractivity contribution in [3.8, 4) is 16.9 Å². The molecular weight excluding hydrogens is 292 g/mol. The highest BCUT2D eigenvalue weighted by molar-refractivity contribution is 5.60. The summed E-state index contributed by atoms with van der Waals surface area (Å²) in [5.74, 6) is 0.730. The first kappa shape index (κ1) is 14.8. The molecule has 0 aliphatic rings. The van der Waals surface area contributed by atoms with Crippen LogP contribution in [0.4, 0.5) is 0 Å². The van der Waals surface area contributed by atoms with E-state index in [0.29, 0.717) is 5.56 Å². The third kappa shape index (κ3) is 3.08. The molecule has 0 atom stereocenters. The van der Waals surface area contributed by atoms with Crippen molar-refractivity contribution in [3.05, 3.63) is 87.2 Å². The molecule has 0 radical (unpaired) electrons. The van der Waals surface area contributed by atoms with E-state index in [-0.39, 0.29) is 12.1 Å². The molecule has 0 bridgehead atoms. The fraction of sp³-hybridized carbons (Fsp3) is 0.111. The van der Waals surface area contributed by atoms with Gasteiger partial charge in [-0.25, -0.2) is 4.79 Å². The molecule has 23 heavy (non-hydrogen) atoms. The number of H-pyrrole nitrogens is 1. The Morgan fingerprint density at radius 2 is 1.70 bits per heavy atom. The zero-order valence-corrected chi connectivity index (χ0v) is 12.7. The molecule has 0 spiro atoms. The maximum absolute atomic E-state index is 12.6. The van der Waals surface area contributed by atoms with E-state index in [2.05, 4.69) is 4.98 Å². The molecule has 0 fully saturated rings. The molecule has 2 aromatic carbocycles. The Hall–Kier alpha value is -3.08. The van der Waals surface area contributed by atoms with Crippen LogP contribution in [-0.4, -0.2) is 16.7 Å². The number of hydrogen-bond donors (Lipinski definition) is 1. The lowest BCUT2D eigenvalue weighted by molar-refractivity contribution is 0.414. The number of aromatic nitrogens is 2. The fourth-order valence-electron chi connectivity index (χ4n) is 2.39. The van der Waals surface area contributed by atoms with Crippen molar-refractivity contribution in [1.29, 1.82) is 0 Å². The van der Waals surface area contributed by atoms with Gasteiger partial charge in [-0.2, -0.15) is 0 Å². The summed E-state index contributed by atoms with van der Waals surface area (Å²) in [6, 6.07) is 16.5. The van der Waals surface area contributed by atoms with Gasteiger partial charge in [-0.1, -0.05) is 42.5 Å². The Labute approximate surface area is 132 Å². The molecule has 3 aromatic rings. The minimum Gasteiger partial charge on any atom is -0.497 e. The summed E-state index contributed by atoms with van der Waals surface area (Å²) < 4.78 is 6.31. The van der Waals surface area contributed by atoms with Crippen molar-refractivity contribution in [1.82, 2.24) is 9.55 Å². The fourth-order valence-corrected chi connectivity index (χ4v) is 2.39. The molecule has 1 aromatic heterocycles. The second kappa shape index (κ2) is 6.36. The molecule has 1 N–H and O–H groups in total. The van der Waals surface area contributed by atoms with E-state index in [9.17, 15) is 9.59 Å². The van der Waals surface area contributed by atoms with E-state index in [0.717, 1.165) is 16.9 Å². The van der Waals surface area contributed by atoms with Gasteiger partial charge in [-0.3, -0.25) is 9.36 Å². The van der Waals surface area contributed by atoms with Crippen molar-refractivity contribution >= 4 is 0 Å². The molecule has 116 valence electrons. The standard InChI is InChI=1S/C18H16N2O3/c1-23-15-9-7-13(8-10-15)12-20-17(21)16(11-19-18(20)22)14-5-3-2-4-6-14/h2-11H,12H2,1H3,(H,19,22). The highest BCUT2D eigenvalue weighted by Gasteiger charge is 2.09. The van der Waals surface area contributed by atoms with Gasteiger partial charge < -0.3 is 9.72 Å². The Morgan fingerprint density at radius 3 is 2.35 bits per heavy atom. The molecule has 0 aliphatic carbocycles. The quantitative estimate of drug-likeness (QED) is 0.804. The summed E-state index contributed by atoms with van der Waals surface area (Å²) in [5, 5.41) is 0. The average Bonchev–Trinajstić information content (AvgIpc) is 2.60. The van der Waals surface area contributed by atoms with Gasteiger partial charge in [0.15, 0.2) is 0 Å². The normalized spacial score (nSPS) is 10.5. The highest BCUT2D eigenvalue weighted by atomic mass is 16.5. The molecule has 1 heterocycles. The predicted molar refractivity (Wildman–Crippen MR) is 88.9 cm³/mol. The van der Waals surface area contributed by atoms with E-state index >= 15 is 0 Å². The van der Waals surface area contributed by atoms with Crippen molar-refractivity contribution in [2.45, 2.75) is 6.54 Å². The van der Waals surface area contributed by atoms with E-state index < -0.39 is 5.69 Å². The monoisotopic (exact) mass is 308 g/mol. The van der Waals surface area contributed by atoms with Crippen molar-refractivity contribution in [2.24, 2.45) is 0 Å². The molecule has 5 heteroatoms. The molecule has 0 unspecified atom stereocenters. The number of rotatable bonds is 4. The summed E-state index contributed by atoms with van der Waals surface area (Å²) in [7, 11) is 1.59. The highest BCUT2D eigenvalue weighted by Crippen LogP contribution is 2.14. The average molecular weight is 308 g/mol. The van der Waals surface area contributed by atoms with Crippen LogP contribution in [0, 0.1) is 0 Å². The van der Waals surface area contributed by atoms with Crippen LogP contribution in [0.3, 0.4) is 0 Å². The molecule has 0 saturated heterocycles. The second-order valence-electron chi connectivity index (χ2n) is 5.11. The number of hydrogen-bond acceptors (Lipinski definition) is 3. The van der Waals surface area contributed by atoms with Gasteiger partial charge >= 0.3 is 5.69 Å². The molecule has 0 amide bonds. The minimum atomic E-state index is -0.425. The zero-order valence-electron chi connectivity index (χ0n) is 12.7. The second-order valence-corrected chi connectivity index (χ2v) is 5.11. The summed E-state index contributed by atoms with van der Waals surface area (Å²) in [6.45, 7) is 0.207. The third-order valence-corrected chi connectivity index (χ3v) is 3.65. The summed E-state index contributed by atoms with van der Waals surface area (Å²) >= 11 is 0. The third-order valence-electron chi connectivity index (χ3n) is 3.65. The van der Waals surface area contributed by atoms with Gasteiger partial charge in [0.25, 0.3) is 5.56 Å². The maximum atomic E-state index is 12.6. The van der Waals surface area contributed by atoms with Gasteiger partial charge in [-0.15, -0.1) is 0 Å². The van der Waals surface area contributed by atoms with Crippen LogP contribution in [-0.2, 0) is 6.54 Å². The van der Waals surface area contributed by atoms with Crippen LogP contribution in [0.1, 0.15) is 5.56 Å². The van der Waals surface area contributed by atoms with E-state index in [4.69, 9.17) is 4.74 Å². The van der Waals surface area contributed by atoms with Crippen LogP contribution in [0.15, 0.2) is 70.4 Å². The topological polar surface area (TPSA) is 64.1 Å². The number of aromatic amines is 1. The van der Waals surface area contributed by atoms with Gasteiger partial charge in [0.1, 0.15) is 5.75 Å². The van der Waals surface area contributed by atoms with E-state index in [1.54, 1.807) is 19.2 Å². The van der Waals surface area contributed by atoms with Crippen LogP contribution in [0.2, 0.25) is 0 Å². The number of nitrogens with one attached hydrogen (secondary N) is 1. The Morgan fingerprint density at radius 1 is 1.00 bits per heavy atom. The van der Waals surface area contributed by atoms with Gasteiger partial charge in [0, 0.05) is 6.20 Å². The van der Waals surface area contributed by atoms with Crippen molar-refractivity contribution in [2.75, 3.05) is 7.11 Å². The zero-order chi connectivity index (χ0) is 16.2. The first-order chi connectivity index (χ1) is 11.2. The SMILES string of the molecule is COc1ccc(Cn2c(=O)[nH]cc(-c3ccccc3)c2=O)cc1. The molecule has 0 aliphatic heterocycles. The molecule has 0 saturated carbocycles. The first-order valence-corrected chi connectivity index (χ1v) is 7.20. The number of ether oxygens (including phenoxy) is 1. The van der Waals surface area contributed by atoms with Crippen LogP contribution < -0.4 is 16.0 Å². The van der Waals surface area contributed by atoms with Crippen LogP contribution >= 0.6 is 0 Å². The van der Waals surface area contributed by atoms with Crippen molar-refractivity contribution < 1.29 is 4.74 Å². The lowest BCUT2D eigenvalue weighted by atomic mass is 10.1.